The molecule has 0 bridgehead atoms. The van der Waals surface area contributed by atoms with Gasteiger partial charge in [0, 0.05) is 10.6 Å². The molecule has 0 aliphatic carbocycles. The van der Waals surface area contributed by atoms with Gasteiger partial charge in [0.05, 0.1) is 18.6 Å². The van der Waals surface area contributed by atoms with Crippen molar-refractivity contribution in [2.45, 2.75) is 19.0 Å². The predicted molar refractivity (Wildman–Crippen MR) is 59.1 cm³/mol. The highest BCUT2D eigenvalue weighted by molar-refractivity contribution is 6.32. The van der Waals surface area contributed by atoms with E-state index in [9.17, 15) is 18.0 Å². The van der Waals surface area contributed by atoms with Gasteiger partial charge in [-0.15, -0.1) is 0 Å². The minimum Gasteiger partial charge on any atom is -0.496 e. The lowest BCUT2D eigenvalue weighted by atomic mass is 9.98. The lowest BCUT2D eigenvalue weighted by molar-refractivity contribution is -0.138. The maximum atomic E-state index is 12.5. The second-order valence-corrected chi connectivity index (χ2v) is 4.04. The third kappa shape index (κ3) is 2.87. The Morgan fingerprint density at radius 1 is 1.44 bits per heavy atom. The smallest absolute Gasteiger partial charge is 0.416 e. The van der Waals surface area contributed by atoms with Crippen molar-refractivity contribution >= 4 is 17.6 Å². The van der Waals surface area contributed by atoms with Crippen molar-refractivity contribution in [2.24, 2.45) is 0 Å². The third-order valence-corrected chi connectivity index (χ3v) is 2.75. The van der Waals surface area contributed by atoms with Crippen LogP contribution in [0.4, 0.5) is 13.2 Å². The van der Waals surface area contributed by atoms with E-state index in [1.807, 2.05) is 0 Å². The van der Waals surface area contributed by atoms with Crippen LogP contribution in [0.3, 0.4) is 0 Å². The van der Waals surface area contributed by atoms with Crippen molar-refractivity contribution in [3.8, 4) is 5.75 Å². The van der Waals surface area contributed by atoms with Gasteiger partial charge in [0.25, 0.3) is 0 Å². The number of carboxylic acids is 1. The highest BCUT2D eigenvalue weighted by Crippen LogP contribution is 2.40. The first-order valence-corrected chi connectivity index (χ1v) is 5.23. The van der Waals surface area contributed by atoms with Gasteiger partial charge in [-0.2, -0.15) is 13.2 Å². The lowest BCUT2D eigenvalue weighted by Crippen LogP contribution is -2.12. The number of benzene rings is 1. The average Bonchev–Trinajstić information content (AvgIpc) is 2.25. The number of halogens is 4. The molecule has 0 spiro atoms. The van der Waals surface area contributed by atoms with Crippen molar-refractivity contribution in [1.82, 2.24) is 0 Å². The van der Waals surface area contributed by atoms with Crippen LogP contribution in [-0.2, 0) is 11.0 Å². The summed E-state index contributed by atoms with van der Waals surface area (Å²) in [7, 11) is 1.16. The lowest BCUT2D eigenvalue weighted by Gasteiger charge is -2.17. The topological polar surface area (TPSA) is 46.5 Å². The molecule has 0 aliphatic heterocycles. The predicted octanol–water partition coefficient (Wildman–Crippen LogP) is 3.56. The zero-order chi connectivity index (χ0) is 14.1. The largest absolute Gasteiger partial charge is 0.496 e. The number of alkyl halides is 3. The molecule has 1 N–H and O–H groups in total. The van der Waals surface area contributed by atoms with Gasteiger partial charge in [-0.25, -0.2) is 0 Å². The molecule has 0 saturated carbocycles. The number of hydrogen-bond acceptors (Lipinski definition) is 2. The van der Waals surface area contributed by atoms with Crippen molar-refractivity contribution in [2.75, 3.05) is 7.11 Å². The second kappa shape index (κ2) is 5.06. The van der Waals surface area contributed by atoms with E-state index in [1.54, 1.807) is 0 Å². The first-order valence-electron chi connectivity index (χ1n) is 4.86. The van der Waals surface area contributed by atoms with Crippen molar-refractivity contribution in [1.29, 1.82) is 0 Å². The molecule has 0 aromatic heterocycles. The van der Waals surface area contributed by atoms with Gasteiger partial charge < -0.3 is 9.84 Å². The van der Waals surface area contributed by atoms with E-state index in [0.29, 0.717) is 6.07 Å². The van der Waals surface area contributed by atoms with Crippen LogP contribution >= 0.6 is 11.6 Å². The standard InChI is InChI=1S/C11H10ClF3O3/c1-5(10(16)17)9-7(12)3-6(11(13,14)15)4-8(9)18-2/h3-5H,1-2H3,(H,16,17). The molecule has 100 valence electrons. The molecule has 1 aromatic carbocycles. The first-order chi connectivity index (χ1) is 8.18. The number of carboxylic acid groups (broad SMARTS) is 1. The Morgan fingerprint density at radius 3 is 2.39 bits per heavy atom. The number of carbonyl (C=O) groups is 1. The van der Waals surface area contributed by atoms with E-state index in [2.05, 4.69) is 0 Å². The van der Waals surface area contributed by atoms with Gasteiger partial charge in [0.1, 0.15) is 5.75 Å². The molecule has 0 amide bonds. The summed E-state index contributed by atoms with van der Waals surface area (Å²) >= 11 is 5.71. The van der Waals surface area contributed by atoms with Crippen molar-refractivity contribution in [3.63, 3.8) is 0 Å². The maximum Gasteiger partial charge on any atom is 0.416 e. The fourth-order valence-electron chi connectivity index (χ4n) is 1.47. The zero-order valence-corrected chi connectivity index (χ0v) is 10.3. The molecule has 1 rings (SSSR count). The van der Waals surface area contributed by atoms with E-state index in [4.69, 9.17) is 21.4 Å². The molecule has 3 nitrogen and oxygen atoms in total. The van der Waals surface area contributed by atoms with Crippen LogP contribution in [0, 0.1) is 0 Å². The molecular formula is C11H10ClF3O3. The number of methoxy groups -OCH3 is 1. The summed E-state index contributed by atoms with van der Waals surface area (Å²) in [6.07, 6.45) is -4.57. The van der Waals surface area contributed by atoms with Crippen LogP contribution in [0.25, 0.3) is 0 Å². The summed E-state index contributed by atoms with van der Waals surface area (Å²) in [6.45, 7) is 1.32. The molecule has 1 atom stereocenters. The Labute approximate surface area is 106 Å². The first kappa shape index (κ1) is 14.6. The summed E-state index contributed by atoms with van der Waals surface area (Å²) in [5, 5.41) is 8.59. The van der Waals surface area contributed by atoms with Gasteiger partial charge >= 0.3 is 12.1 Å². The van der Waals surface area contributed by atoms with Crippen molar-refractivity contribution < 1.29 is 27.8 Å². The minimum atomic E-state index is -4.57. The highest BCUT2D eigenvalue weighted by Gasteiger charge is 2.33. The molecule has 0 saturated heterocycles. The summed E-state index contributed by atoms with van der Waals surface area (Å²) in [5.41, 5.74) is -0.953. The van der Waals surface area contributed by atoms with E-state index < -0.39 is 23.6 Å². The summed E-state index contributed by atoms with van der Waals surface area (Å²) in [5.74, 6) is -2.45. The molecule has 7 heteroatoms. The minimum absolute atomic E-state index is 0.0275. The van der Waals surface area contributed by atoms with Crippen LogP contribution in [0.2, 0.25) is 5.02 Å². The van der Waals surface area contributed by atoms with Crippen LogP contribution < -0.4 is 4.74 Å². The fraction of sp³-hybridized carbons (Fsp3) is 0.364. The van der Waals surface area contributed by atoms with Crippen LogP contribution in [-0.4, -0.2) is 18.2 Å². The monoisotopic (exact) mass is 282 g/mol. The van der Waals surface area contributed by atoms with Gasteiger partial charge in [0.2, 0.25) is 0 Å². The second-order valence-electron chi connectivity index (χ2n) is 3.63. The summed E-state index contributed by atoms with van der Waals surface area (Å²) < 4.78 is 42.4. The number of ether oxygens (including phenoxy) is 1. The molecule has 0 radical (unpaired) electrons. The van der Waals surface area contributed by atoms with Crippen molar-refractivity contribution in [3.05, 3.63) is 28.3 Å². The van der Waals surface area contributed by atoms with Gasteiger partial charge in [-0.3, -0.25) is 4.79 Å². The van der Waals surface area contributed by atoms with Crippen LogP contribution in [0.1, 0.15) is 24.0 Å². The number of rotatable bonds is 3. The molecule has 1 unspecified atom stereocenters. The van der Waals surface area contributed by atoms with Gasteiger partial charge in [-0.1, -0.05) is 11.6 Å². The molecule has 0 fully saturated rings. The van der Waals surface area contributed by atoms with E-state index in [-0.39, 0.29) is 16.3 Å². The Morgan fingerprint density at radius 2 is 2.00 bits per heavy atom. The van der Waals surface area contributed by atoms with E-state index in [1.165, 1.54) is 6.92 Å². The van der Waals surface area contributed by atoms with E-state index in [0.717, 1.165) is 13.2 Å². The molecule has 18 heavy (non-hydrogen) atoms. The normalized spacial score (nSPS) is 13.2. The Hall–Kier alpha value is -1.43. The number of aliphatic carboxylic acids is 1. The quantitative estimate of drug-likeness (QED) is 0.922. The zero-order valence-electron chi connectivity index (χ0n) is 9.51. The highest BCUT2D eigenvalue weighted by atomic mass is 35.5. The van der Waals surface area contributed by atoms with E-state index >= 15 is 0 Å². The summed E-state index contributed by atoms with van der Waals surface area (Å²) in [6, 6.07) is 1.43. The molecule has 0 aliphatic rings. The molecule has 1 aromatic rings. The SMILES string of the molecule is COc1cc(C(F)(F)F)cc(Cl)c1C(C)C(=O)O. The average molecular weight is 283 g/mol. The molecular weight excluding hydrogens is 273 g/mol. The summed E-state index contributed by atoms with van der Waals surface area (Å²) in [4.78, 5) is 10.9. The fourth-order valence-corrected chi connectivity index (χ4v) is 1.84. The van der Waals surface area contributed by atoms with Crippen LogP contribution in [0.15, 0.2) is 12.1 Å². The number of hydrogen-bond donors (Lipinski definition) is 1. The Kier molecular flexibility index (Phi) is 4.11. The van der Waals surface area contributed by atoms with Gasteiger partial charge in [-0.05, 0) is 19.1 Å². The maximum absolute atomic E-state index is 12.5. The van der Waals surface area contributed by atoms with Crippen LogP contribution in [0.5, 0.6) is 5.75 Å². The third-order valence-electron chi connectivity index (χ3n) is 2.44. The Bertz CT molecular complexity index is 471. The molecule has 0 heterocycles. The Balaban J connectivity index is 3.42. The van der Waals surface area contributed by atoms with Gasteiger partial charge in [0.15, 0.2) is 0 Å².